The molecule has 0 amide bonds. The molecule has 1 aromatic rings. The molecule has 0 aliphatic carbocycles. The Morgan fingerprint density at radius 2 is 1.94 bits per heavy atom. The third-order valence-electron chi connectivity index (χ3n) is 2.78. The average Bonchev–Trinajstić information content (AvgIpc) is 2.34. The maximum Gasteiger partial charge on any atom is 0.122 e. The van der Waals surface area contributed by atoms with Gasteiger partial charge in [-0.1, -0.05) is 33.8 Å². The van der Waals surface area contributed by atoms with Crippen LogP contribution in [0.1, 0.15) is 44.7 Å². The van der Waals surface area contributed by atoms with Crippen molar-refractivity contribution in [2.45, 2.75) is 33.6 Å². The van der Waals surface area contributed by atoms with Gasteiger partial charge in [0.1, 0.15) is 5.75 Å². The standard InChI is InChI=1S/C16H21NO/c1-11(2)8-14(10-17)13-6-7-16(18-5)15(9-13)12(3)4/h6-9,11-12H,1-5H3/b14-8+. The highest BCUT2D eigenvalue weighted by molar-refractivity contribution is 5.77. The summed E-state index contributed by atoms with van der Waals surface area (Å²) in [7, 11) is 1.68. The predicted octanol–water partition coefficient (Wildman–Crippen LogP) is 4.38. The van der Waals surface area contributed by atoms with Gasteiger partial charge in [0.25, 0.3) is 0 Å². The van der Waals surface area contributed by atoms with Crippen LogP contribution in [0.25, 0.3) is 5.57 Å². The van der Waals surface area contributed by atoms with Crippen LogP contribution in [0.2, 0.25) is 0 Å². The van der Waals surface area contributed by atoms with Crippen molar-refractivity contribution in [3.63, 3.8) is 0 Å². The lowest BCUT2D eigenvalue weighted by Gasteiger charge is -2.13. The van der Waals surface area contributed by atoms with Crippen LogP contribution in [-0.2, 0) is 0 Å². The van der Waals surface area contributed by atoms with E-state index < -0.39 is 0 Å². The zero-order chi connectivity index (χ0) is 13.7. The van der Waals surface area contributed by atoms with Crippen molar-refractivity contribution >= 4 is 5.57 Å². The number of nitrogens with zero attached hydrogens (tertiary/aromatic N) is 1. The van der Waals surface area contributed by atoms with Crippen molar-refractivity contribution in [1.82, 2.24) is 0 Å². The first-order valence-electron chi connectivity index (χ1n) is 6.29. The lowest BCUT2D eigenvalue weighted by atomic mass is 9.95. The van der Waals surface area contributed by atoms with Crippen LogP contribution >= 0.6 is 0 Å². The third kappa shape index (κ3) is 3.37. The lowest BCUT2D eigenvalue weighted by molar-refractivity contribution is 0.407. The van der Waals surface area contributed by atoms with Crippen molar-refractivity contribution in [3.05, 3.63) is 35.4 Å². The maximum atomic E-state index is 9.23. The van der Waals surface area contributed by atoms with Gasteiger partial charge in [-0.15, -0.1) is 0 Å². The Hall–Kier alpha value is -1.75. The molecule has 0 saturated carbocycles. The molecule has 0 aliphatic rings. The van der Waals surface area contributed by atoms with Crippen molar-refractivity contribution in [3.8, 4) is 11.8 Å². The third-order valence-corrected chi connectivity index (χ3v) is 2.78. The summed E-state index contributed by atoms with van der Waals surface area (Å²) < 4.78 is 5.35. The van der Waals surface area contributed by atoms with Gasteiger partial charge in [-0.05, 0) is 41.2 Å². The highest BCUT2D eigenvalue weighted by Crippen LogP contribution is 2.29. The van der Waals surface area contributed by atoms with E-state index in [9.17, 15) is 5.26 Å². The fraction of sp³-hybridized carbons (Fsp3) is 0.438. The molecular formula is C16H21NO. The Morgan fingerprint density at radius 1 is 1.28 bits per heavy atom. The monoisotopic (exact) mass is 243 g/mol. The molecule has 18 heavy (non-hydrogen) atoms. The van der Waals surface area contributed by atoms with E-state index in [0.717, 1.165) is 22.4 Å². The van der Waals surface area contributed by atoms with Crippen LogP contribution in [0.3, 0.4) is 0 Å². The molecule has 0 atom stereocenters. The van der Waals surface area contributed by atoms with Crippen molar-refractivity contribution in [2.75, 3.05) is 7.11 Å². The first-order valence-corrected chi connectivity index (χ1v) is 6.29. The molecule has 2 heteroatoms. The molecule has 0 radical (unpaired) electrons. The van der Waals surface area contributed by atoms with E-state index in [-0.39, 0.29) is 0 Å². The van der Waals surface area contributed by atoms with E-state index in [1.54, 1.807) is 7.11 Å². The Labute approximate surface area is 110 Å². The molecule has 0 N–H and O–H groups in total. The van der Waals surface area contributed by atoms with Gasteiger partial charge in [0, 0.05) is 0 Å². The quantitative estimate of drug-likeness (QED) is 0.735. The maximum absolute atomic E-state index is 9.23. The number of nitriles is 1. The Morgan fingerprint density at radius 3 is 2.39 bits per heavy atom. The summed E-state index contributed by atoms with van der Waals surface area (Å²) in [6.07, 6.45) is 1.99. The number of hydrogen-bond acceptors (Lipinski definition) is 2. The van der Waals surface area contributed by atoms with Crippen LogP contribution in [0.5, 0.6) is 5.75 Å². The minimum atomic E-state index is 0.365. The Balaban J connectivity index is 3.27. The molecule has 1 rings (SSSR count). The summed E-state index contributed by atoms with van der Waals surface area (Å²) in [6.45, 7) is 8.40. The molecular weight excluding hydrogens is 222 g/mol. The molecule has 0 aliphatic heterocycles. The fourth-order valence-corrected chi connectivity index (χ4v) is 1.88. The van der Waals surface area contributed by atoms with Gasteiger partial charge in [-0.25, -0.2) is 0 Å². The molecule has 0 saturated heterocycles. The first-order chi connectivity index (χ1) is 8.49. The predicted molar refractivity (Wildman–Crippen MR) is 75.5 cm³/mol. The number of rotatable bonds is 4. The van der Waals surface area contributed by atoms with Crippen LogP contribution < -0.4 is 4.74 Å². The van der Waals surface area contributed by atoms with E-state index in [0.29, 0.717) is 11.8 Å². The summed E-state index contributed by atoms with van der Waals surface area (Å²) >= 11 is 0. The lowest BCUT2D eigenvalue weighted by Crippen LogP contribution is -1.96. The number of benzene rings is 1. The molecule has 0 fully saturated rings. The second-order valence-electron chi connectivity index (χ2n) is 5.05. The zero-order valence-electron chi connectivity index (χ0n) is 11.8. The zero-order valence-corrected chi connectivity index (χ0v) is 11.8. The number of allylic oxidation sites excluding steroid dienone is 2. The van der Waals surface area contributed by atoms with Crippen LogP contribution in [0.4, 0.5) is 0 Å². The summed E-state index contributed by atoms with van der Waals surface area (Å²) in [5, 5.41) is 9.23. The molecule has 0 unspecified atom stereocenters. The summed E-state index contributed by atoms with van der Waals surface area (Å²) in [4.78, 5) is 0. The highest BCUT2D eigenvalue weighted by atomic mass is 16.5. The fourth-order valence-electron chi connectivity index (χ4n) is 1.88. The van der Waals surface area contributed by atoms with E-state index in [1.165, 1.54) is 0 Å². The van der Waals surface area contributed by atoms with Gasteiger partial charge in [0.05, 0.1) is 18.8 Å². The van der Waals surface area contributed by atoms with Gasteiger partial charge in [-0.2, -0.15) is 5.26 Å². The normalized spacial score (nSPS) is 11.8. The highest BCUT2D eigenvalue weighted by Gasteiger charge is 2.10. The molecule has 0 spiro atoms. The van der Waals surface area contributed by atoms with Gasteiger partial charge in [0.15, 0.2) is 0 Å². The van der Waals surface area contributed by atoms with Crippen molar-refractivity contribution in [1.29, 1.82) is 5.26 Å². The molecule has 0 heterocycles. The molecule has 96 valence electrons. The van der Waals surface area contributed by atoms with Crippen molar-refractivity contribution in [2.24, 2.45) is 5.92 Å². The Kier molecular flexibility index (Phi) is 4.97. The smallest absolute Gasteiger partial charge is 0.122 e. The van der Waals surface area contributed by atoms with E-state index in [1.807, 2.05) is 18.2 Å². The first kappa shape index (κ1) is 14.3. The SMILES string of the molecule is COc1ccc(/C(C#N)=C/C(C)C)cc1C(C)C. The van der Waals surface area contributed by atoms with E-state index in [2.05, 4.69) is 39.8 Å². The largest absolute Gasteiger partial charge is 0.496 e. The van der Waals surface area contributed by atoms with Crippen LogP contribution in [0.15, 0.2) is 24.3 Å². The molecule has 0 aromatic heterocycles. The van der Waals surface area contributed by atoms with Gasteiger partial charge in [0.2, 0.25) is 0 Å². The second kappa shape index (κ2) is 6.26. The average molecular weight is 243 g/mol. The van der Waals surface area contributed by atoms with Crippen LogP contribution in [0, 0.1) is 17.2 Å². The van der Waals surface area contributed by atoms with Crippen molar-refractivity contribution < 1.29 is 4.74 Å². The number of methoxy groups -OCH3 is 1. The minimum absolute atomic E-state index is 0.365. The summed E-state index contributed by atoms with van der Waals surface area (Å²) in [5.41, 5.74) is 2.84. The molecule has 2 nitrogen and oxygen atoms in total. The second-order valence-corrected chi connectivity index (χ2v) is 5.05. The topological polar surface area (TPSA) is 33.0 Å². The van der Waals surface area contributed by atoms with Gasteiger partial charge in [-0.3, -0.25) is 0 Å². The summed E-state index contributed by atoms with van der Waals surface area (Å²) in [6, 6.07) is 8.22. The van der Waals surface area contributed by atoms with E-state index in [4.69, 9.17) is 4.74 Å². The van der Waals surface area contributed by atoms with Gasteiger partial charge >= 0.3 is 0 Å². The van der Waals surface area contributed by atoms with E-state index >= 15 is 0 Å². The molecule has 1 aromatic carbocycles. The van der Waals surface area contributed by atoms with Gasteiger partial charge < -0.3 is 4.74 Å². The number of ether oxygens (including phenoxy) is 1. The Bertz CT molecular complexity index is 478. The minimum Gasteiger partial charge on any atom is -0.496 e. The van der Waals surface area contributed by atoms with Crippen LogP contribution in [-0.4, -0.2) is 7.11 Å². The molecule has 0 bridgehead atoms. The number of hydrogen-bond donors (Lipinski definition) is 0. The summed E-state index contributed by atoms with van der Waals surface area (Å²) in [5.74, 6) is 1.62.